The van der Waals surface area contributed by atoms with Gasteiger partial charge in [-0.05, 0) is 24.6 Å². The maximum Gasteiger partial charge on any atom is 0.134 e. The molecular weight excluding hydrogens is 394 g/mol. The van der Waals surface area contributed by atoms with Gasteiger partial charge >= 0.3 is 0 Å². The van der Waals surface area contributed by atoms with E-state index >= 15 is 0 Å². The summed E-state index contributed by atoms with van der Waals surface area (Å²) < 4.78 is 6.59. The van der Waals surface area contributed by atoms with Crippen molar-refractivity contribution in [2.75, 3.05) is 51.1 Å². The zero-order chi connectivity index (χ0) is 18.7. The van der Waals surface area contributed by atoms with Crippen LogP contribution in [0.5, 0.6) is 5.75 Å². The number of rotatable bonds is 6. The van der Waals surface area contributed by atoms with Crippen molar-refractivity contribution < 1.29 is 4.74 Å². The number of likely N-dealkylation sites (N-methyl/N-ethyl adjacent to an activating group) is 1. The molecular formula is C19H26BrN5O. The normalized spacial score (nSPS) is 17.3. The maximum atomic E-state index is 5.51. The first-order valence-electron chi connectivity index (χ1n) is 8.75. The highest BCUT2D eigenvalue weighted by Crippen LogP contribution is 2.27. The van der Waals surface area contributed by atoms with E-state index in [1.54, 1.807) is 13.4 Å². The number of nitrogens with zero attached hydrogens (tertiary/aromatic N) is 5. The molecule has 7 heteroatoms. The number of halogens is 1. The summed E-state index contributed by atoms with van der Waals surface area (Å²) in [7, 11) is 7.84. The smallest absolute Gasteiger partial charge is 0.134 e. The highest BCUT2D eigenvalue weighted by molar-refractivity contribution is 9.10. The van der Waals surface area contributed by atoms with Gasteiger partial charge in [-0.25, -0.2) is 9.97 Å². The van der Waals surface area contributed by atoms with Crippen LogP contribution in [0.3, 0.4) is 0 Å². The van der Waals surface area contributed by atoms with E-state index in [4.69, 9.17) is 4.74 Å². The summed E-state index contributed by atoms with van der Waals surface area (Å²) >= 11 is 3.56. The molecule has 2 aromatic rings. The van der Waals surface area contributed by atoms with Crippen LogP contribution in [-0.4, -0.2) is 62.3 Å². The Hall–Kier alpha value is -1.86. The van der Waals surface area contributed by atoms with E-state index in [9.17, 15) is 0 Å². The molecule has 0 amide bonds. The largest absolute Gasteiger partial charge is 0.496 e. The highest BCUT2D eigenvalue weighted by Gasteiger charge is 2.27. The minimum atomic E-state index is 0.443. The number of aromatic nitrogens is 2. The summed E-state index contributed by atoms with van der Waals surface area (Å²) in [5.41, 5.74) is 1.21. The van der Waals surface area contributed by atoms with E-state index in [-0.39, 0.29) is 0 Å². The first-order valence-corrected chi connectivity index (χ1v) is 9.54. The number of methoxy groups -OCH3 is 1. The van der Waals surface area contributed by atoms with Gasteiger partial charge in [0.15, 0.2) is 0 Å². The quantitative estimate of drug-likeness (QED) is 0.716. The van der Waals surface area contributed by atoms with Gasteiger partial charge in [-0.3, -0.25) is 4.90 Å². The maximum absolute atomic E-state index is 5.51. The molecule has 0 spiro atoms. The second-order valence-electron chi connectivity index (χ2n) is 6.87. The zero-order valence-corrected chi connectivity index (χ0v) is 17.4. The van der Waals surface area contributed by atoms with Gasteiger partial charge in [0.05, 0.1) is 7.11 Å². The summed E-state index contributed by atoms with van der Waals surface area (Å²) in [6, 6.07) is 8.66. The molecule has 1 unspecified atom stereocenters. The minimum Gasteiger partial charge on any atom is -0.496 e. The average molecular weight is 420 g/mol. The number of benzene rings is 1. The molecule has 0 radical (unpaired) electrons. The number of anilines is 2. The Morgan fingerprint density at radius 2 is 1.96 bits per heavy atom. The lowest BCUT2D eigenvalue weighted by Gasteiger charge is -2.26. The fourth-order valence-electron chi connectivity index (χ4n) is 3.35. The van der Waals surface area contributed by atoms with Gasteiger partial charge < -0.3 is 14.5 Å². The van der Waals surface area contributed by atoms with Crippen LogP contribution in [0.1, 0.15) is 12.0 Å². The second kappa shape index (κ2) is 8.22. The van der Waals surface area contributed by atoms with Crippen molar-refractivity contribution >= 4 is 27.6 Å². The lowest BCUT2D eigenvalue weighted by molar-refractivity contribution is 0.316. The molecule has 0 aliphatic carbocycles. The van der Waals surface area contributed by atoms with E-state index in [1.165, 1.54) is 5.56 Å². The number of hydrogen-bond donors (Lipinski definition) is 0. The Labute approximate surface area is 163 Å². The van der Waals surface area contributed by atoms with Crippen molar-refractivity contribution in [3.63, 3.8) is 0 Å². The Balaban J connectivity index is 1.67. The van der Waals surface area contributed by atoms with Gasteiger partial charge in [0, 0.05) is 62.9 Å². The van der Waals surface area contributed by atoms with Crippen LogP contribution in [0, 0.1) is 0 Å². The number of ether oxygens (including phenoxy) is 1. The monoisotopic (exact) mass is 419 g/mol. The molecule has 0 bridgehead atoms. The van der Waals surface area contributed by atoms with Crippen molar-refractivity contribution in [3.05, 3.63) is 40.6 Å². The molecule has 1 aliphatic rings. The fraction of sp³-hybridized carbons (Fsp3) is 0.474. The topological polar surface area (TPSA) is 44.7 Å². The molecule has 6 nitrogen and oxygen atoms in total. The van der Waals surface area contributed by atoms with Crippen LogP contribution in [0.25, 0.3) is 0 Å². The molecule has 1 saturated heterocycles. The van der Waals surface area contributed by atoms with Crippen LogP contribution in [0.2, 0.25) is 0 Å². The van der Waals surface area contributed by atoms with E-state index in [0.717, 1.165) is 47.9 Å². The van der Waals surface area contributed by atoms with E-state index in [1.807, 2.05) is 37.2 Å². The number of likely N-dealkylation sites (tertiary alicyclic amines) is 1. The van der Waals surface area contributed by atoms with Crippen molar-refractivity contribution in [3.8, 4) is 5.75 Å². The standard InChI is InChI=1S/C19H26BrN5O/c1-23(2)18-10-19(22-13-21-18)24(3)16-7-8-25(12-16)11-14-9-15(20)5-6-17(14)26-4/h5-6,9-10,13,16H,7-8,11-12H2,1-4H3. The van der Waals surface area contributed by atoms with E-state index < -0.39 is 0 Å². The van der Waals surface area contributed by atoms with Gasteiger partial charge in [0.25, 0.3) is 0 Å². The van der Waals surface area contributed by atoms with Crippen molar-refractivity contribution in [1.82, 2.24) is 14.9 Å². The molecule has 0 N–H and O–H groups in total. The van der Waals surface area contributed by atoms with Crippen molar-refractivity contribution in [1.29, 1.82) is 0 Å². The van der Waals surface area contributed by atoms with Crippen molar-refractivity contribution in [2.24, 2.45) is 0 Å². The molecule has 1 aromatic heterocycles. The van der Waals surface area contributed by atoms with Gasteiger partial charge in [-0.15, -0.1) is 0 Å². The van der Waals surface area contributed by atoms with Crippen LogP contribution in [0.4, 0.5) is 11.6 Å². The van der Waals surface area contributed by atoms with Crippen LogP contribution < -0.4 is 14.5 Å². The van der Waals surface area contributed by atoms with Crippen LogP contribution in [0.15, 0.2) is 35.1 Å². The third-order valence-corrected chi connectivity index (χ3v) is 5.38. The van der Waals surface area contributed by atoms with Crippen LogP contribution in [-0.2, 0) is 6.54 Å². The molecule has 1 aliphatic heterocycles. The Morgan fingerprint density at radius 3 is 2.69 bits per heavy atom. The SMILES string of the molecule is COc1ccc(Br)cc1CN1CCC(N(C)c2cc(N(C)C)ncn2)C1. The third-order valence-electron chi connectivity index (χ3n) is 4.89. The fourth-order valence-corrected chi connectivity index (χ4v) is 3.75. The molecule has 3 rings (SSSR count). The minimum absolute atomic E-state index is 0.443. The second-order valence-corrected chi connectivity index (χ2v) is 7.79. The summed E-state index contributed by atoms with van der Waals surface area (Å²) in [4.78, 5) is 15.5. The van der Waals surface area contributed by atoms with Crippen molar-refractivity contribution in [2.45, 2.75) is 19.0 Å². The Kier molecular flexibility index (Phi) is 5.98. The highest BCUT2D eigenvalue weighted by atomic mass is 79.9. The summed E-state index contributed by atoms with van der Waals surface area (Å²) in [5.74, 6) is 2.84. The molecule has 2 heterocycles. The van der Waals surface area contributed by atoms with E-state index in [0.29, 0.717) is 6.04 Å². The first-order chi connectivity index (χ1) is 12.5. The molecule has 1 aromatic carbocycles. The third kappa shape index (κ3) is 4.27. The first kappa shape index (κ1) is 18.9. The molecule has 0 saturated carbocycles. The lowest BCUT2D eigenvalue weighted by atomic mass is 10.2. The van der Waals surface area contributed by atoms with Crippen LogP contribution >= 0.6 is 15.9 Å². The van der Waals surface area contributed by atoms with Gasteiger partial charge in [0.2, 0.25) is 0 Å². The average Bonchev–Trinajstić information content (AvgIpc) is 3.10. The summed E-state index contributed by atoms with van der Waals surface area (Å²) in [6.07, 6.45) is 2.76. The summed E-state index contributed by atoms with van der Waals surface area (Å²) in [6.45, 7) is 2.96. The lowest BCUT2D eigenvalue weighted by Crippen LogP contribution is -2.35. The Bertz CT molecular complexity index is 754. The van der Waals surface area contributed by atoms with E-state index in [2.05, 4.69) is 48.8 Å². The van der Waals surface area contributed by atoms with Gasteiger partial charge in [0.1, 0.15) is 23.7 Å². The molecule has 140 valence electrons. The predicted molar refractivity (Wildman–Crippen MR) is 109 cm³/mol. The molecule has 1 fully saturated rings. The summed E-state index contributed by atoms with van der Waals surface area (Å²) in [5, 5.41) is 0. The Morgan fingerprint density at radius 1 is 1.19 bits per heavy atom. The van der Waals surface area contributed by atoms with Gasteiger partial charge in [-0.1, -0.05) is 15.9 Å². The molecule has 26 heavy (non-hydrogen) atoms. The number of hydrogen-bond acceptors (Lipinski definition) is 6. The van der Waals surface area contributed by atoms with Gasteiger partial charge in [-0.2, -0.15) is 0 Å². The zero-order valence-electron chi connectivity index (χ0n) is 15.8. The predicted octanol–water partition coefficient (Wildman–Crippen LogP) is 3.02. The molecule has 1 atom stereocenters.